The SMILES string of the molecule is CSc1ccc(N2CCC(CC(C)C)CC2)nn1. The van der Waals surface area contributed by atoms with Crippen molar-refractivity contribution in [1.82, 2.24) is 10.2 Å². The molecule has 4 heteroatoms. The van der Waals surface area contributed by atoms with E-state index in [-0.39, 0.29) is 0 Å². The number of aromatic nitrogens is 2. The van der Waals surface area contributed by atoms with Gasteiger partial charge in [-0.2, -0.15) is 0 Å². The Morgan fingerprint density at radius 3 is 2.50 bits per heavy atom. The summed E-state index contributed by atoms with van der Waals surface area (Å²) in [5.41, 5.74) is 0. The minimum Gasteiger partial charge on any atom is -0.355 e. The zero-order valence-electron chi connectivity index (χ0n) is 11.6. The summed E-state index contributed by atoms with van der Waals surface area (Å²) in [6, 6.07) is 4.16. The van der Waals surface area contributed by atoms with Crippen molar-refractivity contribution in [2.75, 3.05) is 24.2 Å². The summed E-state index contributed by atoms with van der Waals surface area (Å²) < 4.78 is 0. The van der Waals surface area contributed by atoms with Gasteiger partial charge in [-0.05, 0) is 49.5 Å². The molecule has 0 saturated carbocycles. The summed E-state index contributed by atoms with van der Waals surface area (Å²) in [5.74, 6) is 2.76. The molecular formula is C14H23N3S. The lowest BCUT2D eigenvalue weighted by Gasteiger charge is -2.33. The van der Waals surface area contributed by atoms with Crippen LogP contribution in [0.4, 0.5) is 5.82 Å². The summed E-state index contributed by atoms with van der Waals surface area (Å²) in [6.45, 7) is 6.90. The van der Waals surface area contributed by atoms with Gasteiger partial charge in [-0.3, -0.25) is 0 Å². The van der Waals surface area contributed by atoms with Gasteiger partial charge in [-0.1, -0.05) is 13.8 Å². The van der Waals surface area contributed by atoms with Crippen molar-refractivity contribution in [3.05, 3.63) is 12.1 Å². The van der Waals surface area contributed by atoms with Crippen LogP contribution in [-0.2, 0) is 0 Å². The maximum Gasteiger partial charge on any atom is 0.151 e. The fourth-order valence-corrected chi connectivity index (χ4v) is 2.98. The lowest BCUT2D eigenvalue weighted by Crippen LogP contribution is -2.34. The molecule has 1 aliphatic rings. The van der Waals surface area contributed by atoms with Gasteiger partial charge in [0.2, 0.25) is 0 Å². The number of anilines is 1. The molecule has 0 N–H and O–H groups in total. The van der Waals surface area contributed by atoms with Gasteiger partial charge in [-0.15, -0.1) is 22.0 Å². The second kappa shape index (κ2) is 6.41. The first-order valence-electron chi connectivity index (χ1n) is 6.81. The fourth-order valence-electron chi connectivity index (χ4n) is 2.65. The molecule has 100 valence electrons. The molecule has 0 aliphatic carbocycles. The summed E-state index contributed by atoms with van der Waals surface area (Å²) in [6.07, 6.45) is 5.99. The molecule has 0 radical (unpaired) electrons. The second-order valence-electron chi connectivity index (χ2n) is 5.49. The Morgan fingerprint density at radius 2 is 2.00 bits per heavy atom. The van der Waals surface area contributed by atoms with Gasteiger partial charge in [0.1, 0.15) is 5.03 Å². The summed E-state index contributed by atoms with van der Waals surface area (Å²) >= 11 is 1.64. The van der Waals surface area contributed by atoms with Crippen molar-refractivity contribution in [2.45, 2.75) is 38.1 Å². The number of rotatable bonds is 4. The Kier molecular flexibility index (Phi) is 4.87. The smallest absolute Gasteiger partial charge is 0.151 e. The normalized spacial score (nSPS) is 17.4. The standard InChI is InChI=1S/C14H23N3S/c1-11(2)10-12-6-8-17(9-7-12)13-4-5-14(18-3)16-15-13/h4-5,11-12H,6-10H2,1-3H3. The average Bonchev–Trinajstić information content (AvgIpc) is 2.39. The highest BCUT2D eigenvalue weighted by atomic mass is 32.2. The third-order valence-electron chi connectivity index (χ3n) is 3.58. The van der Waals surface area contributed by atoms with E-state index in [1.54, 1.807) is 11.8 Å². The third-order valence-corrected chi connectivity index (χ3v) is 4.21. The maximum atomic E-state index is 4.31. The molecule has 2 heterocycles. The Morgan fingerprint density at radius 1 is 1.28 bits per heavy atom. The minimum atomic E-state index is 0.821. The molecule has 1 fully saturated rings. The maximum absolute atomic E-state index is 4.31. The van der Waals surface area contributed by atoms with Crippen LogP contribution in [0.3, 0.4) is 0 Å². The highest BCUT2D eigenvalue weighted by Gasteiger charge is 2.20. The molecule has 0 amide bonds. The van der Waals surface area contributed by atoms with Gasteiger partial charge in [0.05, 0.1) is 0 Å². The van der Waals surface area contributed by atoms with E-state index in [0.29, 0.717) is 0 Å². The van der Waals surface area contributed by atoms with Gasteiger partial charge in [-0.25, -0.2) is 0 Å². The predicted molar refractivity (Wildman–Crippen MR) is 78.2 cm³/mol. The van der Waals surface area contributed by atoms with Gasteiger partial charge >= 0.3 is 0 Å². The molecule has 2 rings (SSSR count). The molecule has 0 spiro atoms. The summed E-state index contributed by atoms with van der Waals surface area (Å²) in [5, 5.41) is 9.52. The Labute approximate surface area is 114 Å². The van der Waals surface area contributed by atoms with Gasteiger partial charge < -0.3 is 4.90 Å². The molecule has 0 atom stereocenters. The van der Waals surface area contributed by atoms with Gasteiger partial charge in [0, 0.05) is 13.1 Å². The van der Waals surface area contributed by atoms with Crippen molar-refractivity contribution in [3.8, 4) is 0 Å². The van der Waals surface area contributed by atoms with Crippen LogP contribution in [0.1, 0.15) is 33.1 Å². The molecule has 18 heavy (non-hydrogen) atoms. The van der Waals surface area contributed by atoms with E-state index in [2.05, 4.69) is 41.1 Å². The van der Waals surface area contributed by atoms with Gasteiger partial charge in [0.15, 0.2) is 5.82 Å². The second-order valence-corrected chi connectivity index (χ2v) is 6.32. The average molecular weight is 265 g/mol. The molecule has 1 aromatic heterocycles. The molecular weight excluding hydrogens is 242 g/mol. The van der Waals surface area contributed by atoms with E-state index in [1.807, 2.05) is 6.26 Å². The molecule has 1 aliphatic heterocycles. The largest absolute Gasteiger partial charge is 0.355 e. The first-order valence-corrected chi connectivity index (χ1v) is 8.04. The van der Waals surface area contributed by atoms with Crippen molar-refractivity contribution in [3.63, 3.8) is 0 Å². The highest BCUT2D eigenvalue weighted by molar-refractivity contribution is 7.98. The number of thioether (sulfide) groups is 1. The lowest BCUT2D eigenvalue weighted by atomic mass is 9.89. The zero-order valence-corrected chi connectivity index (χ0v) is 12.4. The zero-order chi connectivity index (χ0) is 13.0. The fraction of sp³-hybridized carbons (Fsp3) is 0.714. The highest BCUT2D eigenvalue weighted by Crippen LogP contribution is 2.26. The van der Waals surface area contributed by atoms with E-state index < -0.39 is 0 Å². The van der Waals surface area contributed by atoms with Gasteiger partial charge in [0.25, 0.3) is 0 Å². The first kappa shape index (κ1) is 13.7. The van der Waals surface area contributed by atoms with E-state index >= 15 is 0 Å². The Balaban J connectivity index is 1.88. The molecule has 0 unspecified atom stereocenters. The molecule has 1 saturated heterocycles. The monoisotopic (exact) mass is 265 g/mol. The quantitative estimate of drug-likeness (QED) is 0.780. The van der Waals surface area contributed by atoms with Crippen LogP contribution >= 0.6 is 11.8 Å². The third kappa shape index (κ3) is 3.61. The van der Waals surface area contributed by atoms with Crippen molar-refractivity contribution < 1.29 is 0 Å². The van der Waals surface area contributed by atoms with Crippen LogP contribution in [0.15, 0.2) is 17.2 Å². The molecule has 0 aromatic carbocycles. The van der Waals surface area contributed by atoms with Crippen LogP contribution < -0.4 is 4.90 Å². The number of piperidine rings is 1. The van der Waals surface area contributed by atoms with E-state index in [0.717, 1.165) is 35.8 Å². The first-order chi connectivity index (χ1) is 8.69. The summed E-state index contributed by atoms with van der Waals surface area (Å²) in [4.78, 5) is 2.37. The molecule has 1 aromatic rings. The number of nitrogens with zero attached hydrogens (tertiary/aromatic N) is 3. The van der Waals surface area contributed by atoms with Crippen LogP contribution in [0.25, 0.3) is 0 Å². The van der Waals surface area contributed by atoms with Crippen molar-refractivity contribution in [2.24, 2.45) is 11.8 Å². The Bertz CT molecular complexity index is 356. The molecule has 0 bridgehead atoms. The number of hydrogen-bond donors (Lipinski definition) is 0. The predicted octanol–water partition coefficient (Wildman–Crippen LogP) is 3.46. The van der Waals surface area contributed by atoms with Crippen LogP contribution in [0.2, 0.25) is 0 Å². The van der Waals surface area contributed by atoms with Crippen molar-refractivity contribution in [1.29, 1.82) is 0 Å². The molecule has 3 nitrogen and oxygen atoms in total. The van der Waals surface area contributed by atoms with Crippen LogP contribution in [0.5, 0.6) is 0 Å². The topological polar surface area (TPSA) is 29.0 Å². The van der Waals surface area contributed by atoms with Crippen molar-refractivity contribution >= 4 is 17.6 Å². The lowest BCUT2D eigenvalue weighted by molar-refractivity contribution is 0.337. The van der Waals surface area contributed by atoms with E-state index in [4.69, 9.17) is 0 Å². The van der Waals surface area contributed by atoms with Crippen LogP contribution in [-0.4, -0.2) is 29.5 Å². The summed E-state index contributed by atoms with van der Waals surface area (Å²) in [7, 11) is 0. The Hall–Kier alpha value is -0.770. The van der Waals surface area contributed by atoms with E-state index in [1.165, 1.54) is 19.3 Å². The minimum absolute atomic E-state index is 0.821. The number of hydrogen-bond acceptors (Lipinski definition) is 4. The van der Waals surface area contributed by atoms with Crippen LogP contribution in [0, 0.1) is 11.8 Å². The van der Waals surface area contributed by atoms with E-state index in [9.17, 15) is 0 Å².